The van der Waals surface area contributed by atoms with Crippen molar-refractivity contribution in [1.29, 1.82) is 0 Å². The van der Waals surface area contributed by atoms with Gasteiger partial charge in [0.1, 0.15) is 34.4 Å². The van der Waals surface area contributed by atoms with Crippen LogP contribution in [-0.2, 0) is 0 Å². The lowest BCUT2D eigenvalue weighted by Crippen LogP contribution is -2.04. The molecule has 1 N–H and O–H groups in total. The van der Waals surface area contributed by atoms with Gasteiger partial charge in [-0.15, -0.1) is 0 Å². The number of hydrogen-bond donors (Lipinski definition) is 1. The van der Waals surface area contributed by atoms with Crippen molar-refractivity contribution in [2.45, 2.75) is 13.0 Å². The minimum absolute atomic E-state index is 0.0269. The first-order valence-corrected chi connectivity index (χ1v) is 8.36. The van der Waals surface area contributed by atoms with Gasteiger partial charge in [0.25, 0.3) is 6.43 Å². The maximum absolute atomic E-state index is 13.7. The number of hydrogen-bond acceptors (Lipinski definition) is 6. The Labute approximate surface area is 165 Å². The molecule has 7 nitrogen and oxygen atoms in total. The first-order chi connectivity index (χ1) is 14.4. The van der Waals surface area contributed by atoms with Gasteiger partial charge in [0, 0.05) is 12.3 Å². The van der Waals surface area contributed by atoms with Crippen molar-refractivity contribution in [3.8, 4) is 17.3 Å². The molecule has 0 atom stereocenters. The van der Waals surface area contributed by atoms with Gasteiger partial charge >= 0.3 is 6.61 Å². The highest BCUT2D eigenvalue weighted by Gasteiger charge is 2.23. The van der Waals surface area contributed by atoms with E-state index in [0.717, 1.165) is 12.3 Å². The van der Waals surface area contributed by atoms with Gasteiger partial charge in [0.15, 0.2) is 0 Å². The highest BCUT2D eigenvalue weighted by Crippen LogP contribution is 2.31. The highest BCUT2D eigenvalue weighted by atomic mass is 19.3. The van der Waals surface area contributed by atoms with Crippen molar-refractivity contribution >= 4 is 17.2 Å². The zero-order chi connectivity index (χ0) is 21.3. The topological polar surface area (TPSA) is 77.2 Å². The molecule has 0 fully saturated rings. The molecule has 4 rings (SSSR count). The molecule has 12 heteroatoms. The number of pyridine rings is 2. The Kier molecular flexibility index (Phi) is 5.12. The molecule has 4 heterocycles. The Hall–Kier alpha value is -3.83. The van der Waals surface area contributed by atoms with Gasteiger partial charge < -0.3 is 10.1 Å². The molecule has 0 amide bonds. The molecule has 0 bridgehead atoms. The predicted octanol–water partition coefficient (Wildman–Crippen LogP) is 4.61. The first-order valence-electron chi connectivity index (χ1n) is 8.36. The third kappa shape index (κ3) is 3.97. The van der Waals surface area contributed by atoms with Crippen molar-refractivity contribution in [3.63, 3.8) is 0 Å². The lowest BCUT2D eigenvalue weighted by molar-refractivity contribution is -0.0528. The van der Waals surface area contributed by atoms with Crippen LogP contribution in [0.5, 0.6) is 5.88 Å². The van der Waals surface area contributed by atoms with Crippen molar-refractivity contribution in [1.82, 2.24) is 24.3 Å². The molecule has 4 aromatic rings. The van der Waals surface area contributed by atoms with Crippen molar-refractivity contribution < 1.29 is 26.7 Å². The molecule has 0 unspecified atom stereocenters. The van der Waals surface area contributed by atoms with Gasteiger partial charge in [-0.3, -0.25) is 9.38 Å². The third-order valence-corrected chi connectivity index (χ3v) is 3.91. The molecular weight excluding hydrogens is 411 g/mol. The molecule has 0 radical (unpaired) electrons. The minimum atomic E-state index is -3.00. The smallest absolute Gasteiger partial charge is 0.388 e. The van der Waals surface area contributed by atoms with E-state index in [1.165, 1.54) is 41.2 Å². The lowest BCUT2D eigenvalue weighted by atomic mass is 10.2. The maximum atomic E-state index is 13.7. The molecule has 0 saturated heterocycles. The molecule has 0 spiro atoms. The van der Waals surface area contributed by atoms with Crippen LogP contribution in [0.25, 0.3) is 17.0 Å². The van der Waals surface area contributed by atoms with E-state index in [-0.39, 0.29) is 28.7 Å². The summed E-state index contributed by atoms with van der Waals surface area (Å²) in [7, 11) is 0. The summed E-state index contributed by atoms with van der Waals surface area (Å²) in [5, 5.41) is 2.82. The number of alkyl halides is 4. The summed E-state index contributed by atoms with van der Waals surface area (Å²) in [6.07, 6.45) is 1.88. The molecule has 0 aliphatic heterocycles. The Morgan fingerprint density at radius 2 is 1.80 bits per heavy atom. The van der Waals surface area contributed by atoms with Crippen LogP contribution in [0.15, 0.2) is 49.1 Å². The summed E-state index contributed by atoms with van der Waals surface area (Å²) in [5.74, 6) is -0.755. The van der Waals surface area contributed by atoms with Gasteiger partial charge in [-0.2, -0.15) is 8.78 Å². The maximum Gasteiger partial charge on any atom is 0.388 e. The molecular formula is C18H11F5N6O. The van der Waals surface area contributed by atoms with Gasteiger partial charge in [-0.1, -0.05) is 0 Å². The number of nitrogens with zero attached hydrogens (tertiary/aromatic N) is 5. The SMILES string of the molecule is Fc1ccc2nc(C(F)F)c(-c3cncc(Nc4ccc(OC(F)F)nc4)n3)n2c1. The Morgan fingerprint density at radius 1 is 0.967 bits per heavy atom. The quantitative estimate of drug-likeness (QED) is 0.458. The van der Waals surface area contributed by atoms with Crippen LogP contribution in [-0.4, -0.2) is 30.9 Å². The highest BCUT2D eigenvalue weighted by molar-refractivity contribution is 5.66. The zero-order valence-corrected chi connectivity index (χ0v) is 14.8. The summed E-state index contributed by atoms with van der Waals surface area (Å²) in [6, 6.07) is 5.01. The van der Waals surface area contributed by atoms with Crippen LogP contribution in [0.3, 0.4) is 0 Å². The Bertz CT molecular complexity index is 1180. The Balaban J connectivity index is 1.69. The van der Waals surface area contributed by atoms with Crippen LogP contribution < -0.4 is 10.1 Å². The van der Waals surface area contributed by atoms with Crippen LogP contribution in [0.4, 0.5) is 33.5 Å². The number of nitrogens with one attached hydrogen (secondary N) is 1. The summed E-state index contributed by atoms with van der Waals surface area (Å²) in [6.45, 7) is -3.00. The monoisotopic (exact) mass is 422 g/mol. The molecule has 30 heavy (non-hydrogen) atoms. The van der Waals surface area contributed by atoms with E-state index in [0.29, 0.717) is 5.69 Å². The van der Waals surface area contributed by atoms with Gasteiger partial charge in [-0.25, -0.2) is 28.1 Å². The fraction of sp³-hybridized carbons (Fsp3) is 0.111. The van der Waals surface area contributed by atoms with Crippen molar-refractivity contribution in [3.05, 3.63) is 60.6 Å². The zero-order valence-electron chi connectivity index (χ0n) is 14.8. The molecule has 4 aromatic heterocycles. The van der Waals surface area contributed by atoms with Gasteiger partial charge in [-0.05, 0) is 18.2 Å². The fourth-order valence-electron chi connectivity index (χ4n) is 2.75. The van der Waals surface area contributed by atoms with Crippen LogP contribution in [0, 0.1) is 5.82 Å². The summed E-state index contributed by atoms with van der Waals surface area (Å²) in [4.78, 5) is 15.8. The predicted molar refractivity (Wildman–Crippen MR) is 95.3 cm³/mol. The Morgan fingerprint density at radius 3 is 2.50 bits per heavy atom. The average molecular weight is 422 g/mol. The number of anilines is 2. The van der Waals surface area contributed by atoms with E-state index in [1.54, 1.807) is 0 Å². The van der Waals surface area contributed by atoms with Crippen LogP contribution in [0.2, 0.25) is 0 Å². The second kappa shape index (κ2) is 7.89. The minimum Gasteiger partial charge on any atom is -0.417 e. The number of ether oxygens (including phenoxy) is 1. The van der Waals surface area contributed by atoms with Gasteiger partial charge in [0.05, 0.1) is 24.3 Å². The summed E-state index contributed by atoms with van der Waals surface area (Å²) >= 11 is 0. The lowest BCUT2D eigenvalue weighted by Gasteiger charge is -2.09. The molecule has 0 aromatic carbocycles. The second-order valence-corrected chi connectivity index (χ2v) is 5.90. The van der Waals surface area contributed by atoms with E-state index in [9.17, 15) is 22.0 Å². The summed E-state index contributed by atoms with van der Waals surface area (Å²) < 4.78 is 70.4. The van der Waals surface area contributed by atoms with Crippen LogP contribution in [0.1, 0.15) is 12.1 Å². The molecule has 154 valence electrons. The van der Waals surface area contributed by atoms with Crippen LogP contribution >= 0.6 is 0 Å². The summed E-state index contributed by atoms with van der Waals surface area (Å²) in [5.41, 5.74) is -0.155. The van der Waals surface area contributed by atoms with E-state index in [2.05, 4.69) is 30.0 Å². The number of aromatic nitrogens is 5. The number of fused-ring (bicyclic) bond motifs is 1. The molecule has 0 aliphatic rings. The number of rotatable bonds is 6. The number of imidazole rings is 1. The third-order valence-electron chi connectivity index (χ3n) is 3.91. The van der Waals surface area contributed by atoms with E-state index in [1.807, 2.05) is 0 Å². The van der Waals surface area contributed by atoms with E-state index >= 15 is 0 Å². The van der Waals surface area contributed by atoms with Gasteiger partial charge in [0.2, 0.25) is 5.88 Å². The molecule has 0 saturated carbocycles. The normalized spacial score (nSPS) is 11.4. The van der Waals surface area contributed by atoms with Crippen molar-refractivity contribution in [2.75, 3.05) is 5.32 Å². The fourth-order valence-corrected chi connectivity index (χ4v) is 2.75. The number of halogens is 5. The first kappa shape index (κ1) is 19.5. The van der Waals surface area contributed by atoms with E-state index in [4.69, 9.17) is 0 Å². The van der Waals surface area contributed by atoms with E-state index < -0.39 is 24.5 Å². The standard InChI is InChI=1S/C18H11F5N6O/c19-9-1-3-13-28-15(17(20)21)16(29(13)8-9)11-6-24-7-12(27-11)26-10-2-4-14(25-5-10)30-18(22)23/h1-8,17-18H,(H,26,27). The van der Waals surface area contributed by atoms with Crippen molar-refractivity contribution in [2.24, 2.45) is 0 Å². The largest absolute Gasteiger partial charge is 0.417 e. The molecule has 0 aliphatic carbocycles. The second-order valence-electron chi connectivity index (χ2n) is 5.90. The average Bonchev–Trinajstić information content (AvgIpc) is 3.08.